The van der Waals surface area contributed by atoms with E-state index in [-0.39, 0.29) is 18.1 Å². The molecule has 25 heavy (non-hydrogen) atoms. The number of halogens is 1. The van der Waals surface area contributed by atoms with Crippen molar-refractivity contribution in [3.8, 4) is 0 Å². The van der Waals surface area contributed by atoms with E-state index in [1.807, 2.05) is 31.3 Å². The van der Waals surface area contributed by atoms with E-state index in [1.165, 1.54) is 0 Å². The molecule has 0 aliphatic carbocycles. The number of hydrogen-bond acceptors (Lipinski definition) is 4. The van der Waals surface area contributed by atoms with Gasteiger partial charge in [-0.3, -0.25) is 9.69 Å². The third-order valence-electron chi connectivity index (χ3n) is 4.93. The Balaban J connectivity index is 1.36. The van der Waals surface area contributed by atoms with E-state index in [2.05, 4.69) is 15.2 Å². The monoisotopic (exact) mass is 360 g/mol. The average molecular weight is 361 g/mol. The fraction of sp³-hybridized carbons (Fsp3) is 0.444. The molecule has 1 N–H and O–H groups in total. The molecule has 2 fully saturated rings. The molecule has 1 aromatic heterocycles. The van der Waals surface area contributed by atoms with Gasteiger partial charge in [-0.25, -0.2) is 4.98 Å². The van der Waals surface area contributed by atoms with Crippen LogP contribution < -0.4 is 5.32 Å². The van der Waals surface area contributed by atoms with Gasteiger partial charge in [0.15, 0.2) is 0 Å². The highest BCUT2D eigenvalue weighted by atomic mass is 35.5. The topological polar surface area (TPSA) is 59.4 Å². The average Bonchev–Trinajstić information content (AvgIpc) is 3.20. The van der Waals surface area contributed by atoms with Crippen LogP contribution in [0, 0.1) is 0 Å². The Kier molecular flexibility index (Phi) is 4.50. The van der Waals surface area contributed by atoms with E-state index in [9.17, 15) is 4.79 Å². The molecule has 1 aromatic carbocycles. The van der Waals surface area contributed by atoms with Gasteiger partial charge in [-0.15, -0.1) is 0 Å². The number of aryl methyl sites for hydroxylation is 1. The normalized spacial score (nSPS) is 26.4. The van der Waals surface area contributed by atoms with E-state index in [0.29, 0.717) is 18.3 Å². The van der Waals surface area contributed by atoms with Crippen LogP contribution in [0.25, 0.3) is 0 Å². The zero-order chi connectivity index (χ0) is 17.4. The number of hydrogen-bond donors (Lipinski definition) is 1. The number of amides is 1. The summed E-state index contributed by atoms with van der Waals surface area (Å²) < 4.78 is 7.82. The van der Waals surface area contributed by atoms with Crippen LogP contribution in [0.2, 0.25) is 5.02 Å². The summed E-state index contributed by atoms with van der Waals surface area (Å²) in [6, 6.07) is 8.32. The molecule has 0 radical (unpaired) electrons. The number of benzene rings is 1. The summed E-state index contributed by atoms with van der Waals surface area (Å²) in [5.74, 6) is -0.111. The maximum atomic E-state index is 12.3. The molecule has 2 aromatic rings. The molecule has 3 heterocycles. The molecule has 0 bridgehead atoms. The van der Waals surface area contributed by atoms with Gasteiger partial charge in [-0.2, -0.15) is 0 Å². The minimum atomic E-state index is -0.111. The van der Waals surface area contributed by atoms with Gasteiger partial charge in [0.05, 0.1) is 19.0 Å². The van der Waals surface area contributed by atoms with Gasteiger partial charge < -0.3 is 14.6 Å². The minimum Gasteiger partial charge on any atom is -0.371 e. The van der Waals surface area contributed by atoms with Crippen LogP contribution in [0.3, 0.4) is 0 Å². The van der Waals surface area contributed by atoms with Gasteiger partial charge in [0.1, 0.15) is 5.69 Å². The van der Waals surface area contributed by atoms with Crippen LogP contribution in [-0.2, 0) is 11.8 Å². The van der Waals surface area contributed by atoms with Crippen LogP contribution in [0.15, 0.2) is 36.8 Å². The number of nitrogens with zero attached hydrogens (tertiary/aromatic N) is 3. The number of nitrogens with one attached hydrogen (secondary N) is 1. The Bertz CT molecular complexity index is 761. The van der Waals surface area contributed by atoms with Crippen molar-refractivity contribution in [2.24, 2.45) is 7.05 Å². The zero-order valence-corrected chi connectivity index (χ0v) is 14.8. The molecule has 2 aliphatic heterocycles. The minimum absolute atomic E-state index is 0.0544. The lowest BCUT2D eigenvalue weighted by molar-refractivity contribution is -0.0502. The summed E-state index contributed by atoms with van der Waals surface area (Å²) in [6.45, 7) is 2.36. The molecule has 0 unspecified atom stereocenters. The van der Waals surface area contributed by atoms with E-state index in [1.54, 1.807) is 17.1 Å². The van der Waals surface area contributed by atoms with Gasteiger partial charge in [-0.05, 0) is 24.1 Å². The van der Waals surface area contributed by atoms with Crippen LogP contribution in [0.4, 0.5) is 0 Å². The molecular formula is C18H21ClN4O2. The van der Waals surface area contributed by atoms with Crippen LogP contribution >= 0.6 is 11.6 Å². The molecule has 0 saturated carbocycles. The lowest BCUT2D eigenvalue weighted by Crippen LogP contribution is -2.43. The number of carbonyl (C=O) groups excluding carboxylic acids is 1. The Morgan fingerprint density at radius 1 is 1.32 bits per heavy atom. The number of carbonyl (C=O) groups is 1. The van der Waals surface area contributed by atoms with E-state index in [0.717, 1.165) is 30.1 Å². The first-order valence-electron chi connectivity index (χ1n) is 8.48. The van der Waals surface area contributed by atoms with Crippen molar-refractivity contribution in [1.29, 1.82) is 0 Å². The first-order valence-corrected chi connectivity index (χ1v) is 8.86. The molecule has 2 aliphatic rings. The number of fused-ring (bicyclic) bond motifs is 1. The standard InChI is InChI=1S/C18H21ClN4O2/c1-22-8-16(20-11-22)18(24)21-14-6-15-10-25-17(9-23(15)7-14)12-2-4-13(19)5-3-12/h2-5,8,11,14-15,17H,6-7,9-10H2,1H3,(H,21,24)/t14-,15+,17-/m1/s1. The third kappa shape index (κ3) is 3.56. The Hall–Kier alpha value is -1.89. The lowest BCUT2D eigenvalue weighted by atomic mass is 10.1. The van der Waals surface area contributed by atoms with Crippen molar-refractivity contribution in [2.45, 2.75) is 24.6 Å². The number of morpholine rings is 1. The maximum Gasteiger partial charge on any atom is 0.271 e. The molecule has 0 spiro atoms. The Morgan fingerprint density at radius 3 is 2.84 bits per heavy atom. The smallest absolute Gasteiger partial charge is 0.271 e. The highest BCUT2D eigenvalue weighted by molar-refractivity contribution is 6.30. The van der Waals surface area contributed by atoms with Crippen molar-refractivity contribution in [3.05, 3.63) is 53.1 Å². The SMILES string of the molecule is Cn1cnc(C(=O)N[C@@H]2C[C@H]3CO[C@@H](c4ccc(Cl)cc4)CN3C2)c1. The molecule has 3 atom stereocenters. The molecule has 4 rings (SSSR count). The summed E-state index contributed by atoms with van der Waals surface area (Å²) in [4.78, 5) is 18.8. The van der Waals surface area contributed by atoms with Crippen LogP contribution in [-0.4, -0.2) is 52.1 Å². The highest BCUT2D eigenvalue weighted by Crippen LogP contribution is 2.30. The van der Waals surface area contributed by atoms with Crippen LogP contribution in [0.5, 0.6) is 0 Å². The van der Waals surface area contributed by atoms with E-state index in [4.69, 9.17) is 16.3 Å². The number of rotatable bonds is 3. The van der Waals surface area contributed by atoms with Crippen LogP contribution in [0.1, 0.15) is 28.6 Å². The Labute approximate surface area is 151 Å². The van der Waals surface area contributed by atoms with Crippen molar-refractivity contribution >= 4 is 17.5 Å². The van der Waals surface area contributed by atoms with Crippen molar-refractivity contribution in [3.63, 3.8) is 0 Å². The molecule has 2 saturated heterocycles. The number of ether oxygens (including phenoxy) is 1. The largest absolute Gasteiger partial charge is 0.371 e. The summed E-state index contributed by atoms with van der Waals surface area (Å²) in [7, 11) is 1.86. The van der Waals surface area contributed by atoms with Gasteiger partial charge in [0.2, 0.25) is 0 Å². The fourth-order valence-electron chi connectivity index (χ4n) is 3.65. The predicted molar refractivity (Wildman–Crippen MR) is 94.6 cm³/mol. The molecule has 132 valence electrons. The summed E-state index contributed by atoms with van der Waals surface area (Å²) >= 11 is 5.96. The van der Waals surface area contributed by atoms with Gasteiger partial charge in [0, 0.05) is 43.4 Å². The van der Waals surface area contributed by atoms with Gasteiger partial charge in [0.25, 0.3) is 5.91 Å². The zero-order valence-electron chi connectivity index (χ0n) is 14.1. The maximum absolute atomic E-state index is 12.3. The van der Waals surface area contributed by atoms with E-state index < -0.39 is 0 Å². The first-order chi connectivity index (χ1) is 12.1. The first kappa shape index (κ1) is 16.6. The van der Waals surface area contributed by atoms with Gasteiger partial charge >= 0.3 is 0 Å². The molecule has 1 amide bonds. The highest BCUT2D eigenvalue weighted by Gasteiger charge is 2.38. The summed E-state index contributed by atoms with van der Waals surface area (Å²) in [6.07, 6.45) is 4.33. The predicted octanol–water partition coefficient (Wildman–Crippen LogP) is 2.02. The lowest BCUT2D eigenvalue weighted by Gasteiger charge is -2.35. The third-order valence-corrected chi connectivity index (χ3v) is 5.18. The number of imidazole rings is 1. The van der Waals surface area contributed by atoms with Crippen molar-refractivity contribution in [2.75, 3.05) is 19.7 Å². The molecule has 7 heteroatoms. The van der Waals surface area contributed by atoms with Gasteiger partial charge in [-0.1, -0.05) is 23.7 Å². The summed E-state index contributed by atoms with van der Waals surface area (Å²) in [5, 5.41) is 3.83. The molecule has 6 nitrogen and oxygen atoms in total. The van der Waals surface area contributed by atoms with Crippen molar-refractivity contribution in [1.82, 2.24) is 19.8 Å². The second-order valence-electron chi connectivity index (χ2n) is 6.81. The quantitative estimate of drug-likeness (QED) is 0.909. The Morgan fingerprint density at radius 2 is 2.12 bits per heavy atom. The van der Waals surface area contributed by atoms with Crippen molar-refractivity contribution < 1.29 is 9.53 Å². The second kappa shape index (κ2) is 6.78. The molecular weight excluding hydrogens is 340 g/mol. The summed E-state index contributed by atoms with van der Waals surface area (Å²) in [5.41, 5.74) is 1.60. The fourth-order valence-corrected chi connectivity index (χ4v) is 3.77. The number of aromatic nitrogens is 2. The second-order valence-corrected chi connectivity index (χ2v) is 7.25. The van der Waals surface area contributed by atoms with E-state index >= 15 is 0 Å².